The first kappa shape index (κ1) is 41.3. The van der Waals surface area contributed by atoms with Crippen LogP contribution >= 0.6 is 17.0 Å². The molecule has 7 heteroatoms. The molecule has 0 aromatic heterocycles. The molecule has 0 atom stereocenters. The van der Waals surface area contributed by atoms with Gasteiger partial charge in [-0.05, 0) is 80.8 Å². The summed E-state index contributed by atoms with van der Waals surface area (Å²) in [5.41, 5.74) is 10.5. The molecule has 8 rings (SSSR count). The molecule has 2 saturated carbocycles. The Kier molecular flexibility index (Phi) is 12.7. The molecule has 10 radical (unpaired) electrons. The quantitative estimate of drug-likeness (QED) is 0.190. The fourth-order valence-corrected chi connectivity index (χ4v) is 8.71. The minimum atomic E-state index is -1.84. The Morgan fingerprint density at radius 3 is 0.774 bits per heavy atom. The van der Waals surface area contributed by atoms with Gasteiger partial charge in [0, 0.05) is 49.4 Å². The molecule has 0 saturated heterocycles. The second-order valence-corrected chi connectivity index (χ2v) is 30.2. The topological polar surface area (TPSA) is 18.5 Å². The van der Waals surface area contributed by atoms with Gasteiger partial charge in [-0.25, -0.2) is 0 Å². The monoisotopic (exact) mass is 850 g/mol. The van der Waals surface area contributed by atoms with Crippen molar-refractivity contribution in [3.8, 4) is 22.3 Å². The molecule has 4 aromatic carbocycles. The molecule has 270 valence electrons. The molecular formula is C46H50Cl2O2Si2Zr+2. The average molecular weight is 853 g/mol. The van der Waals surface area contributed by atoms with Crippen molar-refractivity contribution < 1.29 is 29.7 Å². The molecule has 0 unspecified atom stereocenters. The Morgan fingerprint density at radius 2 is 0.585 bits per heavy atom. The predicted octanol–water partition coefficient (Wildman–Crippen LogP) is 13.8. The molecule has 2 fully saturated rings. The van der Waals surface area contributed by atoms with Gasteiger partial charge in [0.15, 0.2) is 16.6 Å². The molecule has 0 amide bonds. The van der Waals surface area contributed by atoms with Gasteiger partial charge in [-0.15, -0.1) is 0 Å². The fraction of sp³-hybridized carbons (Fsp3) is 0.261. The SMILES string of the molecule is CC(C)(C)[Si](C)(C)O[C]1[CH][C]2[C]([CH]1)c1ccccc1-c1ccccc12.CC(C)(C)[Si](C)(C)O[C]1[CH][C]2[C]([CH]1)c1ccccc1-c1ccccc12.[Cl][Zr+2][Cl]. The van der Waals surface area contributed by atoms with E-state index < -0.39 is 37.5 Å². The van der Waals surface area contributed by atoms with Crippen LogP contribution in [-0.4, -0.2) is 16.6 Å². The average Bonchev–Trinajstić information content (AvgIpc) is 3.72. The third-order valence-corrected chi connectivity index (χ3v) is 20.3. The van der Waals surface area contributed by atoms with Crippen LogP contribution in [0.3, 0.4) is 0 Å². The number of hydrogen-bond acceptors (Lipinski definition) is 2. The molecule has 0 aliphatic heterocycles. The summed E-state index contributed by atoms with van der Waals surface area (Å²) in [6.07, 6.45) is 11.0. The van der Waals surface area contributed by atoms with E-state index >= 15 is 0 Å². The molecule has 0 heterocycles. The fourth-order valence-electron chi connectivity index (χ4n) is 6.68. The van der Waals surface area contributed by atoms with Gasteiger partial charge in [0.1, 0.15) is 0 Å². The Labute approximate surface area is 341 Å². The summed E-state index contributed by atoms with van der Waals surface area (Å²) in [5, 5.41) is 0.390. The van der Waals surface area contributed by atoms with Crippen molar-refractivity contribution in [1.29, 1.82) is 0 Å². The van der Waals surface area contributed by atoms with Gasteiger partial charge in [-0.1, -0.05) is 139 Å². The Balaban J connectivity index is 0.000000169. The van der Waals surface area contributed by atoms with Crippen molar-refractivity contribution in [3.63, 3.8) is 0 Å². The van der Waals surface area contributed by atoms with E-state index in [1.54, 1.807) is 0 Å². The number of halogens is 2. The first-order chi connectivity index (χ1) is 25.0. The van der Waals surface area contributed by atoms with Crippen LogP contribution < -0.4 is 0 Å². The third kappa shape index (κ3) is 8.53. The Morgan fingerprint density at radius 1 is 0.396 bits per heavy atom. The van der Waals surface area contributed by atoms with Crippen LogP contribution in [0.15, 0.2) is 97.1 Å². The molecular weight excluding hydrogens is 803 g/mol. The molecule has 4 aliphatic carbocycles. The summed E-state index contributed by atoms with van der Waals surface area (Å²) in [7, 11) is 6.18. The zero-order chi connectivity index (χ0) is 38.3. The Hall–Kier alpha value is -1.30. The van der Waals surface area contributed by atoms with Gasteiger partial charge in [-0.3, -0.25) is 0 Å². The zero-order valence-corrected chi connectivity index (χ0v) is 38.6. The maximum absolute atomic E-state index is 6.59. The van der Waals surface area contributed by atoms with Gasteiger partial charge < -0.3 is 8.85 Å². The summed E-state index contributed by atoms with van der Waals surface area (Å²) in [6.45, 7) is 22.9. The van der Waals surface area contributed by atoms with Gasteiger partial charge in [0.25, 0.3) is 0 Å². The number of hydrogen-bond donors (Lipinski definition) is 0. The van der Waals surface area contributed by atoms with E-state index in [4.69, 9.17) is 25.9 Å². The van der Waals surface area contributed by atoms with Crippen molar-refractivity contribution >= 4 is 33.7 Å². The zero-order valence-electron chi connectivity index (χ0n) is 32.6. The Bertz CT molecular complexity index is 1640. The standard InChI is InChI=1S/2C23H25OSi.2ClH.Zr/c2*1-23(2,3)25(4,5)24-16-14-21-19-12-8-6-10-17(19)18-11-7-9-13-20(18)22(21)15-16;;;/h2*6-15H,1-5H3;2*1H;/q;;;;+4/p-2. The summed E-state index contributed by atoms with van der Waals surface area (Å²) >= 11 is -0.826. The molecule has 4 aromatic rings. The molecule has 2 nitrogen and oxygen atoms in total. The van der Waals surface area contributed by atoms with Gasteiger partial charge in [-0.2, -0.15) is 0 Å². The predicted molar refractivity (Wildman–Crippen MR) is 225 cm³/mol. The van der Waals surface area contributed by atoms with Crippen molar-refractivity contribution in [3.05, 3.63) is 181 Å². The molecule has 0 spiro atoms. The van der Waals surface area contributed by atoms with Crippen molar-refractivity contribution in [2.75, 3.05) is 0 Å². The van der Waals surface area contributed by atoms with Crippen LogP contribution in [0.2, 0.25) is 36.3 Å². The van der Waals surface area contributed by atoms with E-state index in [0.29, 0.717) is 0 Å². The molecule has 4 aliphatic rings. The summed E-state index contributed by atoms with van der Waals surface area (Å²) in [4.78, 5) is 0. The summed E-state index contributed by atoms with van der Waals surface area (Å²) < 4.78 is 13.2. The number of rotatable bonds is 4. The second-order valence-electron chi connectivity index (χ2n) is 17.0. The van der Waals surface area contributed by atoms with Crippen LogP contribution in [0.25, 0.3) is 22.3 Å². The van der Waals surface area contributed by atoms with Crippen molar-refractivity contribution in [2.24, 2.45) is 0 Å². The van der Waals surface area contributed by atoms with Crippen LogP contribution in [0.1, 0.15) is 63.8 Å². The first-order valence-electron chi connectivity index (χ1n) is 18.3. The minimum absolute atomic E-state index is 0.195. The summed E-state index contributed by atoms with van der Waals surface area (Å²) in [6, 6.07) is 34.8. The number of fused-ring (bicyclic) bond motifs is 12. The van der Waals surface area contributed by atoms with Crippen LogP contribution in [-0.2, 0) is 29.7 Å². The summed E-state index contributed by atoms with van der Waals surface area (Å²) in [5.74, 6) is 5.18. The van der Waals surface area contributed by atoms with Crippen LogP contribution in [0, 0.1) is 61.6 Å². The van der Waals surface area contributed by atoms with E-state index in [0.717, 1.165) is 12.2 Å². The first-order valence-corrected chi connectivity index (χ1v) is 30.5. The normalized spacial score (nSPS) is 17.9. The van der Waals surface area contributed by atoms with Gasteiger partial charge >= 0.3 is 37.9 Å². The van der Waals surface area contributed by atoms with Gasteiger partial charge in [0.2, 0.25) is 0 Å². The molecule has 0 bridgehead atoms. The molecule has 53 heavy (non-hydrogen) atoms. The van der Waals surface area contributed by atoms with Crippen molar-refractivity contribution in [2.45, 2.75) is 77.8 Å². The molecule has 0 N–H and O–H groups in total. The second kappa shape index (κ2) is 16.3. The van der Waals surface area contributed by atoms with E-state index in [9.17, 15) is 0 Å². The van der Waals surface area contributed by atoms with Gasteiger partial charge in [0.05, 0.1) is 12.2 Å². The van der Waals surface area contributed by atoms with Crippen LogP contribution in [0.5, 0.6) is 0 Å². The maximum atomic E-state index is 6.59. The van der Waals surface area contributed by atoms with Crippen molar-refractivity contribution in [1.82, 2.24) is 0 Å². The van der Waals surface area contributed by atoms with E-state index in [1.165, 1.54) is 68.2 Å². The third-order valence-electron chi connectivity index (χ3n) is 11.5. The van der Waals surface area contributed by atoms with E-state index in [1.807, 2.05) is 0 Å². The number of benzene rings is 4. The van der Waals surface area contributed by atoms with Crippen LogP contribution in [0.4, 0.5) is 0 Å². The van der Waals surface area contributed by atoms with E-state index in [-0.39, 0.29) is 10.1 Å². The van der Waals surface area contributed by atoms with E-state index in [2.05, 4.69) is 190 Å².